The number of halogens is 1. The molecule has 1 aromatic rings. The Kier molecular flexibility index (Phi) is 5.37. The average Bonchev–Trinajstić information content (AvgIpc) is 3.00. The molecule has 6 heteroatoms. The van der Waals surface area contributed by atoms with Crippen molar-refractivity contribution in [3.05, 3.63) is 30.1 Å². The van der Waals surface area contributed by atoms with Crippen molar-refractivity contribution in [1.29, 1.82) is 0 Å². The highest BCUT2D eigenvalue weighted by atomic mass is 19.1. The van der Waals surface area contributed by atoms with Gasteiger partial charge in [0.15, 0.2) is 0 Å². The van der Waals surface area contributed by atoms with Gasteiger partial charge in [0.25, 0.3) is 0 Å². The summed E-state index contributed by atoms with van der Waals surface area (Å²) in [6.07, 6.45) is 3.70. The van der Waals surface area contributed by atoms with E-state index in [2.05, 4.69) is 17.3 Å². The maximum absolute atomic E-state index is 13.1. The molecule has 0 radical (unpaired) electrons. The smallest absolute Gasteiger partial charge is 0.224 e. The second kappa shape index (κ2) is 7.52. The number of likely N-dealkylation sites (tertiary alicyclic amines) is 2. The van der Waals surface area contributed by atoms with Gasteiger partial charge in [-0.25, -0.2) is 4.39 Å². The topological polar surface area (TPSA) is 52.7 Å². The number of carbonyl (C=O) groups is 2. The molecule has 2 aliphatic heterocycles. The normalized spacial score (nSPS) is 20.0. The van der Waals surface area contributed by atoms with Gasteiger partial charge in [-0.15, -0.1) is 0 Å². The zero-order valence-electron chi connectivity index (χ0n) is 14.8. The predicted octanol–water partition coefficient (Wildman–Crippen LogP) is 2.49. The van der Waals surface area contributed by atoms with Crippen LogP contribution in [-0.2, 0) is 9.59 Å². The monoisotopic (exact) mass is 347 g/mol. The number of amides is 2. The molecule has 1 spiro atoms. The van der Waals surface area contributed by atoms with Crippen molar-refractivity contribution in [2.75, 3.05) is 38.5 Å². The van der Waals surface area contributed by atoms with Crippen LogP contribution in [0.1, 0.15) is 32.1 Å². The van der Waals surface area contributed by atoms with Gasteiger partial charge in [0.05, 0.1) is 0 Å². The lowest BCUT2D eigenvalue weighted by Crippen LogP contribution is -2.40. The summed E-state index contributed by atoms with van der Waals surface area (Å²) in [4.78, 5) is 28.6. The molecule has 0 aliphatic carbocycles. The first-order valence-electron chi connectivity index (χ1n) is 8.98. The van der Waals surface area contributed by atoms with Gasteiger partial charge in [-0.2, -0.15) is 0 Å². The summed E-state index contributed by atoms with van der Waals surface area (Å²) in [6, 6.07) is 5.77. The Labute approximate surface area is 148 Å². The fraction of sp³-hybridized carbons (Fsp3) is 0.579. The molecule has 3 rings (SSSR count). The van der Waals surface area contributed by atoms with Crippen molar-refractivity contribution in [2.45, 2.75) is 32.1 Å². The SMILES string of the molecule is CN1CCC2(CC1)CCN(C(=O)CCC(=O)Nc1cccc(F)c1)C2. The number of benzene rings is 1. The quantitative estimate of drug-likeness (QED) is 0.910. The summed E-state index contributed by atoms with van der Waals surface area (Å²) >= 11 is 0. The van der Waals surface area contributed by atoms with Crippen molar-refractivity contribution >= 4 is 17.5 Å². The number of carbonyl (C=O) groups excluding carboxylic acids is 2. The number of nitrogens with one attached hydrogen (secondary N) is 1. The highest BCUT2D eigenvalue weighted by molar-refractivity contribution is 5.93. The van der Waals surface area contributed by atoms with Crippen LogP contribution >= 0.6 is 0 Å². The molecule has 2 heterocycles. The Balaban J connectivity index is 1.44. The third kappa shape index (κ3) is 4.57. The van der Waals surface area contributed by atoms with Gasteiger partial charge >= 0.3 is 0 Å². The molecule has 0 unspecified atom stereocenters. The van der Waals surface area contributed by atoms with E-state index in [1.54, 1.807) is 12.1 Å². The lowest BCUT2D eigenvalue weighted by Gasteiger charge is -2.37. The van der Waals surface area contributed by atoms with Gasteiger partial charge in [0.2, 0.25) is 11.8 Å². The molecule has 5 nitrogen and oxygen atoms in total. The van der Waals surface area contributed by atoms with Crippen LogP contribution < -0.4 is 5.32 Å². The number of nitrogens with zero attached hydrogens (tertiary/aromatic N) is 2. The minimum Gasteiger partial charge on any atom is -0.342 e. The van der Waals surface area contributed by atoms with Gasteiger partial charge in [-0.05, 0) is 63.0 Å². The lowest BCUT2D eigenvalue weighted by atomic mass is 9.78. The summed E-state index contributed by atoms with van der Waals surface area (Å²) < 4.78 is 13.1. The first-order valence-corrected chi connectivity index (χ1v) is 8.98. The molecule has 2 fully saturated rings. The lowest BCUT2D eigenvalue weighted by molar-refractivity contribution is -0.132. The Hall–Kier alpha value is -1.95. The largest absolute Gasteiger partial charge is 0.342 e. The van der Waals surface area contributed by atoms with Crippen LogP contribution in [0.15, 0.2) is 24.3 Å². The van der Waals surface area contributed by atoms with E-state index in [0.717, 1.165) is 45.4 Å². The number of hydrogen-bond acceptors (Lipinski definition) is 3. The number of hydrogen-bond donors (Lipinski definition) is 1. The van der Waals surface area contributed by atoms with Crippen molar-refractivity contribution in [3.63, 3.8) is 0 Å². The fourth-order valence-corrected chi connectivity index (χ4v) is 3.82. The minimum absolute atomic E-state index is 0.0465. The zero-order valence-corrected chi connectivity index (χ0v) is 14.8. The highest BCUT2D eigenvalue weighted by Crippen LogP contribution is 2.40. The molecular weight excluding hydrogens is 321 g/mol. The second-order valence-corrected chi connectivity index (χ2v) is 7.43. The van der Waals surface area contributed by atoms with Crippen LogP contribution in [0.4, 0.5) is 10.1 Å². The molecule has 0 saturated carbocycles. The molecular formula is C19H26FN3O2. The van der Waals surface area contributed by atoms with Crippen LogP contribution in [0, 0.1) is 11.2 Å². The van der Waals surface area contributed by atoms with Gasteiger partial charge in [-0.1, -0.05) is 6.07 Å². The molecule has 0 aromatic heterocycles. The maximum Gasteiger partial charge on any atom is 0.224 e. The molecule has 1 aromatic carbocycles. The van der Waals surface area contributed by atoms with E-state index in [9.17, 15) is 14.0 Å². The van der Waals surface area contributed by atoms with E-state index in [1.165, 1.54) is 12.1 Å². The Morgan fingerprint density at radius 2 is 1.88 bits per heavy atom. The first-order chi connectivity index (χ1) is 12.0. The van der Waals surface area contributed by atoms with Crippen molar-refractivity contribution in [1.82, 2.24) is 9.80 Å². The summed E-state index contributed by atoms with van der Waals surface area (Å²) in [5.41, 5.74) is 0.704. The first kappa shape index (κ1) is 17.9. The van der Waals surface area contributed by atoms with Crippen LogP contribution in [-0.4, -0.2) is 54.8 Å². The molecule has 0 atom stereocenters. The number of piperidine rings is 1. The number of anilines is 1. The summed E-state index contributed by atoms with van der Waals surface area (Å²) in [5.74, 6) is -0.605. The van der Waals surface area contributed by atoms with E-state index in [4.69, 9.17) is 0 Å². The van der Waals surface area contributed by atoms with Gasteiger partial charge in [0, 0.05) is 31.6 Å². The molecule has 136 valence electrons. The zero-order chi connectivity index (χ0) is 17.9. The molecule has 25 heavy (non-hydrogen) atoms. The Bertz CT molecular complexity index is 641. The molecule has 0 bridgehead atoms. The van der Waals surface area contributed by atoms with E-state index in [0.29, 0.717) is 5.69 Å². The van der Waals surface area contributed by atoms with Crippen LogP contribution in [0.5, 0.6) is 0 Å². The van der Waals surface area contributed by atoms with E-state index in [-0.39, 0.29) is 30.1 Å². The summed E-state index contributed by atoms with van der Waals surface area (Å²) in [5, 5.41) is 2.64. The highest BCUT2D eigenvalue weighted by Gasteiger charge is 2.41. The Morgan fingerprint density at radius 3 is 2.60 bits per heavy atom. The van der Waals surface area contributed by atoms with Crippen LogP contribution in [0.3, 0.4) is 0 Å². The summed E-state index contributed by atoms with van der Waals surface area (Å²) in [6.45, 7) is 3.81. The molecule has 2 saturated heterocycles. The number of rotatable bonds is 4. The third-order valence-electron chi connectivity index (χ3n) is 5.51. The van der Waals surface area contributed by atoms with Gasteiger partial charge in [-0.3, -0.25) is 9.59 Å². The van der Waals surface area contributed by atoms with Gasteiger partial charge < -0.3 is 15.1 Å². The minimum atomic E-state index is -0.394. The molecule has 1 N–H and O–H groups in total. The fourth-order valence-electron chi connectivity index (χ4n) is 3.82. The maximum atomic E-state index is 13.1. The van der Waals surface area contributed by atoms with Gasteiger partial charge in [0.1, 0.15) is 5.82 Å². The Morgan fingerprint density at radius 1 is 1.16 bits per heavy atom. The molecule has 2 aliphatic rings. The predicted molar refractivity (Wildman–Crippen MR) is 94.6 cm³/mol. The van der Waals surface area contributed by atoms with Crippen molar-refractivity contribution in [3.8, 4) is 0 Å². The average molecular weight is 347 g/mol. The van der Waals surface area contributed by atoms with Crippen molar-refractivity contribution < 1.29 is 14.0 Å². The summed E-state index contributed by atoms with van der Waals surface area (Å²) in [7, 11) is 2.14. The van der Waals surface area contributed by atoms with Crippen LogP contribution in [0.2, 0.25) is 0 Å². The second-order valence-electron chi connectivity index (χ2n) is 7.43. The molecule has 2 amide bonds. The van der Waals surface area contributed by atoms with Crippen molar-refractivity contribution in [2.24, 2.45) is 5.41 Å². The standard InChI is InChI=1S/C19H26FN3O2/c1-22-10-7-19(8-11-22)9-12-23(14-19)18(25)6-5-17(24)21-16-4-2-3-15(20)13-16/h2-4,13H,5-12,14H2,1H3,(H,21,24). The van der Waals surface area contributed by atoms with E-state index in [1.807, 2.05) is 4.90 Å². The third-order valence-corrected chi connectivity index (χ3v) is 5.51. The van der Waals surface area contributed by atoms with E-state index >= 15 is 0 Å². The van der Waals surface area contributed by atoms with Crippen LogP contribution in [0.25, 0.3) is 0 Å². The van der Waals surface area contributed by atoms with E-state index < -0.39 is 5.82 Å².